The van der Waals surface area contributed by atoms with Gasteiger partial charge in [-0.1, -0.05) is 6.07 Å². The summed E-state index contributed by atoms with van der Waals surface area (Å²) in [5, 5.41) is 11.6. The average Bonchev–Trinajstić information content (AvgIpc) is 3.09. The van der Waals surface area contributed by atoms with Crippen LogP contribution in [-0.2, 0) is 24.7 Å². The van der Waals surface area contributed by atoms with E-state index in [4.69, 9.17) is 9.52 Å². The molecule has 1 amide bonds. The van der Waals surface area contributed by atoms with E-state index >= 15 is 0 Å². The molecule has 8 heteroatoms. The van der Waals surface area contributed by atoms with Crippen molar-refractivity contribution in [2.24, 2.45) is 7.05 Å². The lowest BCUT2D eigenvalue weighted by atomic mass is 10.1. The topological polar surface area (TPSA) is 97.4 Å². The van der Waals surface area contributed by atoms with Crippen LogP contribution in [0.1, 0.15) is 27.5 Å². The van der Waals surface area contributed by atoms with Gasteiger partial charge in [-0.05, 0) is 19.1 Å². The number of hydrogen-bond donors (Lipinski definition) is 2. The summed E-state index contributed by atoms with van der Waals surface area (Å²) in [5.41, 5.74) is 1.79. The van der Waals surface area contributed by atoms with E-state index in [1.807, 2.05) is 0 Å². The molecule has 2 N–H and O–H groups in total. The zero-order chi connectivity index (χ0) is 18.8. The first-order valence-electron chi connectivity index (χ1n) is 8.05. The first-order chi connectivity index (χ1) is 12.4. The molecule has 0 unspecified atom stereocenters. The number of para-hydroxylation sites is 1. The summed E-state index contributed by atoms with van der Waals surface area (Å²) in [6, 6.07) is 4.75. The fraction of sp³-hybridized carbons (Fsp3) is 0.278. The molecular weight excluding hydrogens is 341 g/mol. The molecule has 0 fully saturated rings. The van der Waals surface area contributed by atoms with Crippen LogP contribution in [0.2, 0.25) is 0 Å². The van der Waals surface area contributed by atoms with Gasteiger partial charge in [-0.2, -0.15) is 0 Å². The van der Waals surface area contributed by atoms with Gasteiger partial charge in [-0.25, -0.2) is 9.37 Å². The molecule has 0 aliphatic heterocycles. The minimum absolute atomic E-state index is 0.123. The van der Waals surface area contributed by atoms with E-state index in [0.29, 0.717) is 28.8 Å². The SMILES string of the molecule is Cc1coc(CC(=O)O)c1C(=O)NCCc1nc2c(F)cccc2n1C. The van der Waals surface area contributed by atoms with Gasteiger partial charge in [0.05, 0.1) is 17.3 Å². The molecule has 0 bridgehead atoms. The fourth-order valence-electron chi connectivity index (χ4n) is 2.90. The number of halogens is 1. The van der Waals surface area contributed by atoms with Gasteiger partial charge in [0.15, 0.2) is 5.82 Å². The van der Waals surface area contributed by atoms with Crippen molar-refractivity contribution in [3.63, 3.8) is 0 Å². The Hall–Kier alpha value is -3.16. The molecule has 0 atom stereocenters. The predicted molar refractivity (Wildman–Crippen MR) is 91.5 cm³/mol. The van der Waals surface area contributed by atoms with Gasteiger partial charge in [0.1, 0.15) is 23.5 Å². The second kappa shape index (κ2) is 6.99. The van der Waals surface area contributed by atoms with Gasteiger partial charge in [0.25, 0.3) is 5.91 Å². The number of furan rings is 1. The number of imidazole rings is 1. The third-order valence-corrected chi connectivity index (χ3v) is 4.18. The van der Waals surface area contributed by atoms with Gasteiger partial charge in [0.2, 0.25) is 0 Å². The lowest BCUT2D eigenvalue weighted by Crippen LogP contribution is -2.27. The van der Waals surface area contributed by atoms with Gasteiger partial charge in [-0.3, -0.25) is 9.59 Å². The van der Waals surface area contributed by atoms with E-state index in [-0.39, 0.29) is 30.1 Å². The number of carboxylic acids is 1. The minimum Gasteiger partial charge on any atom is -0.481 e. The quantitative estimate of drug-likeness (QED) is 0.703. The lowest BCUT2D eigenvalue weighted by molar-refractivity contribution is -0.136. The van der Waals surface area contributed by atoms with Crippen LogP contribution < -0.4 is 5.32 Å². The van der Waals surface area contributed by atoms with Crippen molar-refractivity contribution in [1.29, 1.82) is 0 Å². The van der Waals surface area contributed by atoms with E-state index in [1.165, 1.54) is 12.3 Å². The average molecular weight is 359 g/mol. The van der Waals surface area contributed by atoms with Crippen molar-refractivity contribution in [2.75, 3.05) is 6.54 Å². The van der Waals surface area contributed by atoms with Crippen molar-refractivity contribution in [1.82, 2.24) is 14.9 Å². The molecule has 0 aliphatic rings. The number of hydrogen-bond acceptors (Lipinski definition) is 4. The van der Waals surface area contributed by atoms with Crippen LogP contribution in [0.5, 0.6) is 0 Å². The summed E-state index contributed by atoms with van der Waals surface area (Å²) in [6.45, 7) is 1.95. The number of fused-ring (bicyclic) bond motifs is 1. The summed E-state index contributed by atoms with van der Waals surface area (Å²) >= 11 is 0. The molecule has 2 heterocycles. The number of aromatic nitrogens is 2. The monoisotopic (exact) mass is 359 g/mol. The number of nitrogens with one attached hydrogen (secondary N) is 1. The number of carbonyl (C=O) groups excluding carboxylic acids is 1. The van der Waals surface area contributed by atoms with Gasteiger partial charge < -0.3 is 19.4 Å². The number of aryl methyl sites for hydroxylation is 2. The van der Waals surface area contributed by atoms with Crippen molar-refractivity contribution < 1.29 is 23.5 Å². The highest BCUT2D eigenvalue weighted by Crippen LogP contribution is 2.19. The summed E-state index contributed by atoms with van der Waals surface area (Å²) in [5.74, 6) is -1.11. The predicted octanol–water partition coefficient (Wildman–Crippen LogP) is 2.21. The number of carboxylic acid groups (broad SMARTS) is 1. The molecular formula is C18H18FN3O4. The van der Waals surface area contributed by atoms with Crippen molar-refractivity contribution in [2.45, 2.75) is 19.8 Å². The molecule has 7 nitrogen and oxygen atoms in total. The first kappa shape index (κ1) is 17.7. The van der Waals surface area contributed by atoms with E-state index in [1.54, 1.807) is 30.7 Å². The Morgan fingerprint density at radius 1 is 1.38 bits per heavy atom. The van der Waals surface area contributed by atoms with E-state index in [9.17, 15) is 14.0 Å². The Balaban J connectivity index is 1.70. The van der Waals surface area contributed by atoms with Gasteiger partial charge >= 0.3 is 5.97 Å². The normalized spacial score (nSPS) is 11.0. The maximum absolute atomic E-state index is 13.8. The Morgan fingerprint density at radius 3 is 2.85 bits per heavy atom. The Labute approximate surface area is 148 Å². The molecule has 136 valence electrons. The van der Waals surface area contributed by atoms with Crippen molar-refractivity contribution in [3.8, 4) is 0 Å². The maximum atomic E-state index is 13.8. The molecule has 3 rings (SSSR count). The number of aliphatic carboxylic acids is 1. The minimum atomic E-state index is -1.07. The van der Waals surface area contributed by atoms with Crippen LogP contribution in [0.4, 0.5) is 4.39 Å². The number of rotatable bonds is 6. The summed E-state index contributed by atoms with van der Waals surface area (Å²) in [4.78, 5) is 27.5. The zero-order valence-electron chi connectivity index (χ0n) is 14.4. The third-order valence-electron chi connectivity index (χ3n) is 4.18. The van der Waals surface area contributed by atoms with Gasteiger partial charge in [-0.15, -0.1) is 0 Å². The maximum Gasteiger partial charge on any atom is 0.311 e. The van der Waals surface area contributed by atoms with E-state index < -0.39 is 11.9 Å². The summed E-state index contributed by atoms with van der Waals surface area (Å²) in [6.07, 6.45) is 1.41. The summed E-state index contributed by atoms with van der Waals surface area (Å²) in [7, 11) is 1.79. The van der Waals surface area contributed by atoms with Crippen LogP contribution in [0.25, 0.3) is 11.0 Å². The lowest BCUT2D eigenvalue weighted by Gasteiger charge is -2.06. The molecule has 0 radical (unpaired) electrons. The first-order valence-corrected chi connectivity index (χ1v) is 8.05. The fourth-order valence-corrected chi connectivity index (χ4v) is 2.90. The largest absolute Gasteiger partial charge is 0.481 e. The van der Waals surface area contributed by atoms with E-state index in [0.717, 1.165) is 0 Å². The van der Waals surface area contributed by atoms with Crippen LogP contribution in [0.15, 0.2) is 28.9 Å². The second-order valence-corrected chi connectivity index (χ2v) is 5.99. The molecule has 0 aliphatic carbocycles. The van der Waals surface area contributed by atoms with E-state index in [2.05, 4.69) is 10.3 Å². The van der Waals surface area contributed by atoms with Crippen LogP contribution in [-0.4, -0.2) is 33.1 Å². The molecule has 2 aromatic heterocycles. The highest BCUT2D eigenvalue weighted by molar-refractivity contribution is 5.97. The number of benzene rings is 1. The molecule has 0 saturated carbocycles. The number of nitrogens with zero attached hydrogens (tertiary/aromatic N) is 2. The Kier molecular flexibility index (Phi) is 4.75. The molecule has 26 heavy (non-hydrogen) atoms. The Morgan fingerprint density at radius 2 is 2.15 bits per heavy atom. The highest BCUT2D eigenvalue weighted by atomic mass is 19.1. The Bertz CT molecular complexity index is 990. The van der Waals surface area contributed by atoms with Crippen LogP contribution in [0, 0.1) is 12.7 Å². The molecule has 0 spiro atoms. The summed E-state index contributed by atoms with van der Waals surface area (Å²) < 4.78 is 20.8. The third kappa shape index (κ3) is 3.30. The second-order valence-electron chi connectivity index (χ2n) is 5.99. The van der Waals surface area contributed by atoms with Crippen molar-refractivity contribution >= 4 is 22.9 Å². The van der Waals surface area contributed by atoms with Crippen LogP contribution in [0.3, 0.4) is 0 Å². The van der Waals surface area contributed by atoms with Crippen LogP contribution >= 0.6 is 0 Å². The number of amides is 1. The van der Waals surface area contributed by atoms with Crippen molar-refractivity contribution in [3.05, 3.63) is 53.0 Å². The highest BCUT2D eigenvalue weighted by Gasteiger charge is 2.20. The van der Waals surface area contributed by atoms with Gasteiger partial charge in [0, 0.05) is 25.6 Å². The number of carbonyl (C=O) groups is 2. The smallest absolute Gasteiger partial charge is 0.311 e. The molecule has 1 aromatic carbocycles. The molecule has 0 saturated heterocycles. The molecule has 3 aromatic rings. The standard InChI is InChI=1S/C18H18FN3O4/c1-10-9-26-13(8-15(23)24)16(10)18(25)20-7-6-14-21-17-11(19)4-3-5-12(17)22(14)2/h3-5,9H,6-8H2,1-2H3,(H,20,25)(H,23,24). The zero-order valence-corrected chi connectivity index (χ0v) is 14.4.